The van der Waals surface area contributed by atoms with Crippen LogP contribution in [-0.4, -0.2) is 66.1 Å². The Bertz CT molecular complexity index is 1010. The number of nitrogens with one attached hydrogen (secondary N) is 3. The van der Waals surface area contributed by atoms with Crippen LogP contribution in [0.3, 0.4) is 0 Å². The number of rotatable bonds is 7. The van der Waals surface area contributed by atoms with Gasteiger partial charge in [-0.05, 0) is 29.7 Å². The van der Waals surface area contributed by atoms with E-state index < -0.39 is 11.8 Å². The standard InChI is InChI=1S/C23H27N5O3/c29-22(25-9-7-17-15-26-20-6-2-1-5-19(17)20)23(30)27-16-21(18-4-3-8-24-14-18)28-10-12-31-13-11-28/h1-6,8,14-15,21,26H,7,9-13,16H2,(H,25,29)(H,27,30). The fourth-order valence-electron chi connectivity index (χ4n) is 3.92. The molecular formula is C23H27N5O3. The molecule has 0 bridgehead atoms. The zero-order valence-electron chi connectivity index (χ0n) is 17.3. The Morgan fingerprint density at radius 3 is 2.71 bits per heavy atom. The molecule has 8 heteroatoms. The van der Waals surface area contributed by atoms with Crippen LogP contribution in [0.5, 0.6) is 0 Å². The van der Waals surface area contributed by atoms with Gasteiger partial charge >= 0.3 is 11.8 Å². The average Bonchev–Trinajstić information content (AvgIpc) is 3.23. The van der Waals surface area contributed by atoms with E-state index in [1.165, 1.54) is 0 Å². The molecule has 1 aromatic carbocycles. The predicted molar refractivity (Wildman–Crippen MR) is 117 cm³/mol. The summed E-state index contributed by atoms with van der Waals surface area (Å²) in [5.74, 6) is -1.24. The Balaban J connectivity index is 1.29. The lowest BCUT2D eigenvalue weighted by Gasteiger charge is -2.34. The van der Waals surface area contributed by atoms with Gasteiger partial charge in [-0.15, -0.1) is 0 Å². The van der Waals surface area contributed by atoms with Crippen molar-refractivity contribution in [2.45, 2.75) is 12.5 Å². The predicted octanol–water partition coefficient (Wildman–Crippen LogP) is 1.41. The van der Waals surface area contributed by atoms with Gasteiger partial charge in [-0.3, -0.25) is 19.5 Å². The van der Waals surface area contributed by atoms with E-state index in [1.54, 1.807) is 12.4 Å². The highest BCUT2D eigenvalue weighted by Gasteiger charge is 2.24. The number of nitrogens with zero attached hydrogens (tertiary/aromatic N) is 2. The Hall–Kier alpha value is -3.23. The fraction of sp³-hybridized carbons (Fsp3) is 0.348. The zero-order chi connectivity index (χ0) is 21.5. The van der Waals surface area contributed by atoms with E-state index in [1.807, 2.05) is 42.6 Å². The number of pyridine rings is 1. The molecule has 0 spiro atoms. The summed E-state index contributed by atoms with van der Waals surface area (Å²) in [7, 11) is 0. The SMILES string of the molecule is O=C(NCCc1c[nH]c2ccccc12)C(=O)NCC(c1cccnc1)N1CCOCC1. The van der Waals surface area contributed by atoms with Crippen LogP contribution < -0.4 is 10.6 Å². The summed E-state index contributed by atoms with van der Waals surface area (Å²) in [6.07, 6.45) is 6.11. The van der Waals surface area contributed by atoms with E-state index in [2.05, 4.69) is 25.5 Å². The number of hydrogen-bond donors (Lipinski definition) is 3. The number of benzene rings is 1. The van der Waals surface area contributed by atoms with Gasteiger partial charge in [0, 0.05) is 55.7 Å². The van der Waals surface area contributed by atoms with E-state index in [0.717, 1.165) is 35.1 Å². The van der Waals surface area contributed by atoms with Crippen LogP contribution in [0.4, 0.5) is 0 Å². The van der Waals surface area contributed by atoms with Gasteiger partial charge in [0.25, 0.3) is 0 Å². The molecule has 0 aliphatic carbocycles. The van der Waals surface area contributed by atoms with Gasteiger partial charge in [-0.1, -0.05) is 24.3 Å². The quantitative estimate of drug-likeness (QED) is 0.501. The molecule has 0 saturated carbocycles. The zero-order valence-corrected chi connectivity index (χ0v) is 17.3. The van der Waals surface area contributed by atoms with E-state index in [9.17, 15) is 9.59 Å². The van der Waals surface area contributed by atoms with Gasteiger partial charge in [0.05, 0.1) is 19.3 Å². The number of fused-ring (bicyclic) bond motifs is 1. The first-order valence-corrected chi connectivity index (χ1v) is 10.5. The van der Waals surface area contributed by atoms with Crippen molar-refractivity contribution in [2.75, 3.05) is 39.4 Å². The Morgan fingerprint density at radius 1 is 1.10 bits per heavy atom. The number of carbonyl (C=O) groups excluding carboxylic acids is 2. The smallest absolute Gasteiger partial charge is 0.309 e. The second-order valence-corrected chi connectivity index (χ2v) is 7.53. The molecule has 1 aliphatic heterocycles. The van der Waals surface area contributed by atoms with E-state index in [0.29, 0.717) is 32.7 Å². The summed E-state index contributed by atoms with van der Waals surface area (Å²) in [6, 6.07) is 11.8. The van der Waals surface area contributed by atoms with Crippen molar-refractivity contribution >= 4 is 22.7 Å². The maximum absolute atomic E-state index is 12.4. The van der Waals surface area contributed by atoms with Crippen molar-refractivity contribution in [3.05, 3.63) is 66.1 Å². The van der Waals surface area contributed by atoms with Crippen molar-refractivity contribution in [1.82, 2.24) is 25.5 Å². The summed E-state index contributed by atoms with van der Waals surface area (Å²) in [4.78, 5) is 34.3. The van der Waals surface area contributed by atoms with Crippen molar-refractivity contribution in [3.8, 4) is 0 Å². The topological polar surface area (TPSA) is 99.3 Å². The number of hydrogen-bond acceptors (Lipinski definition) is 5. The lowest BCUT2D eigenvalue weighted by Crippen LogP contribution is -2.47. The lowest BCUT2D eigenvalue weighted by molar-refractivity contribution is -0.139. The number of carbonyl (C=O) groups is 2. The molecule has 1 fully saturated rings. The summed E-state index contributed by atoms with van der Waals surface area (Å²) >= 11 is 0. The third-order valence-corrected chi connectivity index (χ3v) is 5.57. The lowest BCUT2D eigenvalue weighted by atomic mass is 10.1. The molecule has 2 amide bonds. The normalized spacial score (nSPS) is 15.5. The number of aromatic nitrogens is 2. The third kappa shape index (κ3) is 5.28. The van der Waals surface area contributed by atoms with Crippen LogP contribution >= 0.6 is 0 Å². The van der Waals surface area contributed by atoms with Crippen molar-refractivity contribution in [3.63, 3.8) is 0 Å². The number of ether oxygens (including phenoxy) is 1. The summed E-state index contributed by atoms with van der Waals surface area (Å²) < 4.78 is 5.44. The Labute approximate surface area is 181 Å². The minimum Gasteiger partial charge on any atom is -0.379 e. The molecule has 0 radical (unpaired) electrons. The number of H-pyrrole nitrogens is 1. The van der Waals surface area contributed by atoms with Crippen LogP contribution in [0, 0.1) is 0 Å². The molecule has 31 heavy (non-hydrogen) atoms. The first-order valence-electron chi connectivity index (χ1n) is 10.5. The molecule has 1 atom stereocenters. The van der Waals surface area contributed by atoms with Crippen LogP contribution in [0.25, 0.3) is 10.9 Å². The van der Waals surface area contributed by atoms with E-state index in [4.69, 9.17) is 4.74 Å². The molecule has 1 unspecified atom stereocenters. The summed E-state index contributed by atoms with van der Waals surface area (Å²) in [5.41, 5.74) is 3.18. The van der Waals surface area contributed by atoms with Crippen LogP contribution in [0.1, 0.15) is 17.2 Å². The van der Waals surface area contributed by atoms with Crippen molar-refractivity contribution < 1.29 is 14.3 Å². The van der Waals surface area contributed by atoms with Gasteiger partial charge in [0.15, 0.2) is 0 Å². The van der Waals surface area contributed by atoms with Gasteiger partial charge in [0.2, 0.25) is 0 Å². The number of amides is 2. The number of aromatic amines is 1. The Kier molecular flexibility index (Phi) is 6.91. The van der Waals surface area contributed by atoms with Crippen molar-refractivity contribution in [1.29, 1.82) is 0 Å². The first-order chi connectivity index (χ1) is 15.2. The number of morpholine rings is 1. The van der Waals surface area contributed by atoms with Gasteiger partial charge in [-0.2, -0.15) is 0 Å². The molecule has 1 saturated heterocycles. The van der Waals surface area contributed by atoms with Crippen LogP contribution in [0.2, 0.25) is 0 Å². The van der Waals surface area contributed by atoms with Gasteiger partial charge < -0.3 is 20.4 Å². The maximum atomic E-state index is 12.4. The fourth-order valence-corrected chi connectivity index (χ4v) is 3.92. The average molecular weight is 422 g/mol. The number of para-hydroxylation sites is 1. The van der Waals surface area contributed by atoms with Crippen molar-refractivity contribution in [2.24, 2.45) is 0 Å². The molecule has 162 valence electrons. The molecule has 3 heterocycles. The molecule has 1 aliphatic rings. The highest BCUT2D eigenvalue weighted by atomic mass is 16.5. The minimum atomic E-state index is -0.624. The van der Waals surface area contributed by atoms with E-state index in [-0.39, 0.29) is 6.04 Å². The summed E-state index contributed by atoms with van der Waals surface area (Å²) in [6.45, 7) is 3.57. The second kappa shape index (κ2) is 10.2. The molecule has 3 aromatic rings. The third-order valence-electron chi connectivity index (χ3n) is 5.57. The monoisotopic (exact) mass is 421 g/mol. The van der Waals surface area contributed by atoms with Gasteiger partial charge in [0.1, 0.15) is 0 Å². The highest BCUT2D eigenvalue weighted by molar-refractivity contribution is 6.35. The highest BCUT2D eigenvalue weighted by Crippen LogP contribution is 2.20. The van der Waals surface area contributed by atoms with E-state index >= 15 is 0 Å². The second-order valence-electron chi connectivity index (χ2n) is 7.53. The van der Waals surface area contributed by atoms with Crippen LogP contribution in [-0.2, 0) is 20.7 Å². The van der Waals surface area contributed by atoms with Gasteiger partial charge in [-0.25, -0.2) is 0 Å². The first kappa shape index (κ1) is 21.0. The molecule has 2 aromatic heterocycles. The summed E-state index contributed by atoms with van der Waals surface area (Å²) in [5, 5.41) is 6.63. The molecule has 8 nitrogen and oxygen atoms in total. The molecule has 4 rings (SSSR count). The van der Waals surface area contributed by atoms with Crippen LogP contribution in [0.15, 0.2) is 55.0 Å². The maximum Gasteiger partial charge on any atom is 0.309 e. The minimum absolute atomic E-state index is 0.0550. The Morgan fingerprint density at radius 2 is 1.90 bits per heavy atom. The largest absolute Gasteiger partial charge is 0.379 e. The molecular weight excluding hydrogens is 394 g/mol. The molecule has 3 N–H and O–H groups in total.